The Morgan fingerprint density at radius 1 is 0.233 bits per heavy atom. The van der Waals surface area contributed by atoms with Crippen molar-refractivity contribution in [2.45, 2.75) is 0 Å². The Morgan fingerprint density at radius 2 is 0.467 bits per heavy atom. The number of pyridine rings is 2. The Labute approximate surface area is 345 Å². The molecule has 2 aromatic heterocycles. The zero-order valence-corrected chi connectivity index (χ0v) is 32.0. The molecule has 8 nitrogen and oxygen atoms in total. The fraction of sp³-hybridized carbons (Fsp3) is 0. The van der Waals surface area contributed by atoms with Gasteiger partial charge in [0, 0.05) is 10.8 Å². The number of ether oxygens (including phenoxy) is 6. The smallest absolute Gasteiger partial charge is 0.263 e. The molecule has 2 heterocycles. The Kier molecular flexibility index (Phi) is 9.75. The molecular formula is C52H34N2O6. The fourth-order valence-corrected chi connectivity index (χ4v) is 6.85. The Balaban J connectivity index is 1.28. The number of rotatable bonds is 12. The predicted octanol–water partition coefficient (Wildman–Crippen LogP) is 14.7. The summed E-state index contributed by atoms with van der Waals surface area (Å²) in [5.74, 6) is 6.00. The molecule has 288 valence electrons. The molecular weight excluding hydrogens is 749 g/mol. The van der Waals surface area contributed by atoms with Crippen LogP contribution in [0.5, 0.6) is 69.3 Å². The first-order valence-electron chi connectivity index (χ1n) is 19.4. The Bertz CT molecular complexity index is 2490. The highest BCUT2D eigenvalue weighted by Crippen LogP contribution is 2.48. The van der Waals surface area contributed by atoms with Crippen LogP contribution in [0.2, 0.25) is 0 Å². The van der Waals surface area contributed by atoms with Gasteiger partial charge >= 0.3 is 0 Å². The third-order valence-electron chi connectivity index (χ3n) is 9.60. The minimum atomic E-state index is 0.250. The molecule has 8 heteroatoms. The highest BCUT2D eigenvalue weighted by molar-refractivity contribution is 6.24. The summed E-state index contributed by atoms with van der Waals surface area (Å²) < 4.78 is 39.3. The first-order valence-corrected chi connectivity index (χ1v) is 19.4. The quantitative estimate of drug-likeness (QED) is 0.113. The van der Waals surface area contributed by atoms with E-state index >= 15 is 0 Å². The average molecular weight is 783 g/mol. The first kappa shape index (κ1) is 36.0. The van der Waals surface area contributed by atoms with Gasteiger partial charge in [0.1, 0.15) is 45.5 Å². The number of benzene rings is 8. The lowest BCUT2D eigenvalue weighted by Gasteiger charge is -2.19. The minimum Gasteiger partial charge on any atom is -0.453 e. The van der Waals surface area contributed by atoms with E-state index in [2.05, 4.69) is 0 Å². The zero-order chi connectivity index (χ0) is 40.1. The van der Waals surface area contributed by atoms with Crippen LogP contribution >= 0.6 is 0 Å². The van der Waals surface area contributed by atoms with E-state index < -0.39 is 0 Å². The molecule has 0 unspecified atom stereocenters. The molecule has 0 spiro atoms. The molecule has 0 aliphatic carbocycles. The van der Waals surface area contributed by atoms with Crippen LogP contribution in [0.25, 0.3) is 32.6 Å². The van der Waals surface area contributed by atoms with E-state index in [9.17, 15) is 0 Å². The van der Waals surface area contributed by atoms with Gasteiger partial charge in [-0.15, -0.1) is 0 Å². The van der Waals surface area contributed by atoms with Crippen LogP contribution in [0.4, 0.5) is 0 Å². The second-order valence-corrected chi connectivity index (χ2v) is 13.7. The molecule has 0 bridgehead atoms. The Morgan fingerprint density at radius 3 is 0.750 bits per heavy atom. The van der Waals surface area contributed by atoms with Crippen molar-refractivity contribution in [1.29, 1.82) is 0 Å². The van der Waals surface area contributed by atoms with Gasteiger partial charge in [0.05, 0.1) is 0 Å². The van der Waals surface area contributed by atoms with Crippen molar-refractivity contribution in [3.63, 3.8) is 0 Å². The third-order valence-corrected chi connectivity index (χ3v) is 9.60. The van der Waals surface area contributed by atoms with E-state index in [4.69, 9.17) is 38.4 Å². The molecule has 60 heavy (non-hydrogen) atoms. The van der Waals surface area contributed by atoms with Crippen LogP contribution in [-0.4, -0.2) is 9.97 Å². The van der Waals surface area contributed by atoms with Gasteiger partial charge in [-0.1, -0.05) is 109 Å². The van der Waals surface area contributed by atoms with Crippen molar-refractivity contribution in [2.24, 2.45) is 0 Å². The van der Waals surface area contributed by atoms with E-state index in [0.29, 0.717) is 68.5 Å². The van der Waals surface area contributed by atoms with Crippen LogP contribution in [-0.2, 0) is 0 Å². The molecule has 0 aliphatic rings. The van der Waals surface area contributed by atoms with Crippen molar-refractivity contribution in [3.8, 4) is 69.3 Å². The van der Waals surface area contributed by atoms with E-state index in [1.54, 1.807) is 0 Å². The van der Waals surface area contributed by atoms with Crippen LogP contribution in [0.1, 0.15) is 0 Å². The second kappa shape index (κ2) is 16.2. The topological polar surface area (TPSA) is 81.2 Å². The van der Waals surface area contributed by atoms with Crippen LogP contribution in [0, 0.1) is 0 Å². The number of hydrogen-bond donors (Lipinski definition) is 0. The lowest BCUT2D eigenvalue weighted by molar-refractivity contribution is 0.406. The van der Waals surface area contributed by atoms with Gasteiger partial charge in [-0.2, -0.15) is 0 Å². The summed E-state index contributed by atoms with van der Waals surface area (Å²) in [6, 6.07) is 65.1. The van der Waals surface area contributed by atoms with Crippen molar-refractivity contribution >= 4 is 32.6 Å². The minimum absolute atomic E-state index is 0.250. The van der Waals surface area contributed by atoms with Crippen LogP contribution in [0.15, 0.2) is 206 Å². The van der Waals surface area contributed by atoms with Crippen molar-refractivity contribution < 1.29 is 28.4 Å². The summed E-state index contributed by atoms with van der Waals surface area (Å²) in [4.78, 5) is 10.5. The van der Waals surface area contributed by atoms with Gasteiger partial charge in [-0.05, 0) is 108 Å². The van der Waals surface area contributed by atoms with Gasteiger partial charge in [0.2, 0.25) is 0 Å². The maximum Gasteiger partial charge on any atom is 0.263 e. The summed E-state index contributed by atoms with van der Waals surface area (Å²) >= 11 is 0. The normalized spacial score (nSPS) is 11.0. The van der Waals surface area contributed by atoms with Crippen molar-refractivity contribution in [1.82, 2.24) is 9.97 Å². The van der Waals surface area contributed by atoms with E-state index in [1.807, 2.05) is 206 Å². The molecule has 10 rings (SSSR count). The van der Waals surface area contributed by atoms with E-state index in [-0.39, 0.29) is 11.8 Å². The maximum absolute atomic E-state index is 6.61. The van der Waals surface area contributed by atoms with Gasteiger partial charge in [0.25, 0.3) is 11.8 Å². The molecule has 0 saturated heterocycles. The summed E-state index contributed by atoms with van der Waals surface area (Å²) in [5.41, 5.74) is 1.07. The highest BCUT2D eigenvalue weighted by atomic mass is 16.5. The predicted molar refractivity (Wildman–Crippen MR) is 234 cm³/mol. The third kappa shape index (κ3) is 7.68. The summed E-state index contributed by atoms with van der Waals surface area (Å²) in [6.07, 6.45) is 0. The molecule has 0 fully saturated rings. The van der Waals surface area contributed by atoms with Gasteiger partial charge in [0.15, 0.2) is 23.0 Å². The number of fused-ring (bicyclic) bond motifs is 6. The molecule has 0 atom stereocenters. The molecule has 10 aromatic rings. The van der Waals surface area contributed by atoms with Gasteiger partial charge < -0.3 is 28.4 Å². The SMILES string of the molecule is c1ccc(Oc2cc3c(cc2Oc2ccccc2)c2cc(Oc4ccccc4)c(Oc4ccccc4)nc2c2nc(Oc4ccccc4)c(Oc4ccccc4)cc32)cc1. The van der Waals surface area contributed by atoms with E-state index in [1.165, 1.54) is 0 Å². The molecule has 0 amide bonds. The second-order valence-electron chi connectivity index (χ2n) is 13.7. The molecule has 0 radical (unpaired) electrons. The largest absolute Gasteiger partial charge is 0.453 e. The molecule has 8 aromatic carbocycles. The number of hydrogen-bond acceptors (Lipinski definition) is 8. The van der Waals surface area contributed by atoms with Crippen LogP contribution in [0.3, 0.4) is 0 Å². The van der Waals surface area contributed by atoms with E-state index in [0.717, 1.165) is 21.5 Å². The summed E-state index contributed by atoms with van der Waals surface area (Å²) in [5, 5.41) is 3.04. The first-order chi connectivity index (χ1) is 29.7. The number of para-hydroxylation sites is 6. The lowest BCUT2D eigenvalue weighted by atomic mass is 9.98. The zero-order valence-electron chi connectivity index (χ0n) is 32.0. The highest BCUT2D eigenvalue weighted by Gasteiger charge is 2.24. The van der Waals surface area contributed by atoms with Crippen molar-refractivity contribution in [3.05, 3.63) is 206 Å². The standard InChI is InChI=1S/C52H34N2O6/c1-7-19-35(20-8-1)55-45-31-41-42(32-46(45)56-36-21-9-2-10-22-36)44-34-48(58-38-25-13-4-14-26-38)52(60-40-29-17-6-18-30-40)54-50(44)49-43(41)33-47(57-37-23-11-3-12-24-37)51(53-49)59-39-27-15-5-16-28-39/h1-34H. The van der Waals surface area contributed by atoms with Gasteiger partial charge in [-0.25, -0.2) is 9.97 Å². The fourth-order valence-electron chi connectivity index (χ4n) is 6.85. The maximum atomic E-state index is 6.61. The number of nitrogens with zero attached hydrogens (tertiary/aromatic N) is 2. The average Bonchev–Trinajstić information content (AvgIpc) is 3.29. The lowest BCUT2D eigenvalue weighted by Crippen LogP contribution is -1.99. The monoisotopic (exact) mass is 782 g/mol. The summed E-state index contributed by atoms with van der Waals surface area (Å²) in [6.45, 7) is 0. The van der Waals surface area contributed by atoms with Gasteiger partial charge in [-0.3, -0.25) is 0 Å². The van der Waals surface area contributed by atoms with Crippen molar-refractivity contribution in [2.75, 3.05) is 0 Å². The molecule has 0 saturated carbocycles. The number of aromatic nitrogens is 2. The molecule has 0 aliphatic heterocycles. The summed E-state index contributed by atoms with van der Waals surface area (Å²) in [7, 11) is 0. The van der Waals surface area contributed by atoms with Crippen LogP contribution < -0.4 is 28.4 Å². The Hall–Kier alpha value is -8.36. The molecule has 0 N–H and O–H groups in total.